The van der Waals surface area contributed by atoms with E-state index in [1.165, 1.54) is 19.1 Å². The quantitative estimate of drug-likeness (QED) is 0.376. The molecule has 0 bridgehead atoms. The smallest absolute Gasteiger partial charge is 0.329 e. The lowest BCUT2D eigenvalue weighted by Crippen LogP contribution is -2.43. The molecular weight excluding hydrogens is 306 g/mol. The van der Waals surface area contributed by atoms with E-state index < -0.39 is 11.8 Å². The van der Waals surface area contributed by atoms with Gasteiger partial charge in [0.1, 0.15) is 5.75 Å². The summed E-state index contributed by atoms with van der Waals surface area (Å²) in [5.41, 5.74) is 3.07. The fourth-order valence-corrected chi connectivity index (χ4v) is 2.71. The molecule has 1 aromatic rings. The Morgan fingerprint density at radius 3 is 2.42 bits per heavy atom. The molecule has 2 rings (SSSR count). The molecule has 2 amide bonds. The number of amides is 2. The first-order valence-electron chi connectivity index (χ1n) is 8.56. The van der Waals surface area contributed by atoms with E-state index in [2.05, 4.69) is 15.8 Å². The minimum atomic E-state index is -0.735. The number of nitrogens with zero attached hydrogens (tertiary/aromatic N) is 1. The molecule has 24 heavy (non-hydrogen) atoms. The molecule has 0 aromatic heterocycles. The summed E-state index contributed by atoms with van der Waals surface area (Å²) in [7, 11) is 0. The van der Waals surface area contributed by atoms with E-state index in [9.17, 15) is 9.59 Å². The van der Waals surface area contributed by atoms with Crippen LogP contribution in [0.1, 0.15) is 51.0 Å². The lowest BCUT2D eigenvalue weighted by Gasteiger charge is -2.14. The maximum atomic E-state index is 11.9. The molecule has 1 aliphatic carbocycles. The van der Waals surface area contributed by atoms with Crippen molar-refractivity contribution < 1.29 is 14.3 Å². The van der Waals surface area contributed by atoms with E-state index in [0.717, 1.165) is 37.0 Å². The molecule has 1 saturated carbocycles. The zero-order chi connectivity index (χ0) is 17.2. The zero-order valence-electron chi connectivity index (χ0n) is 14.1. The van der Waals surface area contributed by atoms with Crippen molar-refractivity contribution in [2.24, 2.45) is 5.10 Å². The van der Waals surface area contributed by atoms with Crippen LogP contribution in [-0.2, 0) is 9.59 Å². The molecule has 1 fully saturated rings. The van der Waals surface area contributed by atoms with E-state index in [4.69, 9.17) is 4.74 Å². The fourth-order valence-electron chi connectivity index (χ4n) is 2.71. The van der Waals surface area contributed by atoms with Crippen molar-refractivity contribution >= 4 is 18.0 Å². The first-order valence-corrected chi connectivity index (χ1v) is 8.56. The summed E-state index contributed by atoms with van der Waals surface area (Å²) in [6.45, 7) is 2.53. The Hall–Kier alpha value is -2.37. The average Bonchev–Trinajstić information content (AvgIpc) is 2.85. The molecule has 0 aliphatic heterocycles. The van der Waals surface area contributed by atoms with Gasteiger partial charge >= 0.3 is 11.8 Å². The summed E-state index contributed by atoms with van der Waals surface area (Å²) in [5.74, 6) is -0.575. The summed E-state index contributed by atoms with van der Waals surface area (Å²) < 4.78 is 5.35. The summed E-state index contributed by atoms with van der Waals surface area (Å²) in [4.78, 5) is 23.6. The Morgan fingerprint density at radius 2 is 1.79 bits per heavy atom. The molecule has 0 radical (unpaired) electrons. The number of hydrogen-bond donors (Lipinski definition) is 2. The Balaban J connectivity index is 1.77. The highest BCUT2D eigenvalue weighted by Gasteiger charge is 2.19. The normalized spacial score (nSPS) is 15.7. The number of rotatable bonds is 5. The van der Waals surface area contributed by atoms with Gasteiger partial charge in [-0.25, -0.2) is 5.43 Å². The summed E-state index contributed by atoms with van der Waals surface area (Å²) in [5, 5.41) is 6.61. The Labute approximate surface area is 142 Å². The van der Waals surface area contributed by atoms with Gasteiger partial charge in [0.25, 0.3) is 0 Å². The third kappa shape index (κ3) is 6.02. The van der Waals surface area contributed by atoms with Gasteiger partial charge in [0.15, 0.2) is 0 Å². The van der Waals surface area contributed by atoms with Gasteiger partial charge in [-0.3, -0.25) is 9.59 Å². The highest BCUT2D eigenvalue weighted by atomic mass is 16.5. The lowest BCUT2D eigenvalue weighted by atomic mass is 10.1. The van der Waals surface area contributed by atoms with Crippen LogP contribution in [-0.4, -0.2) is 30.7 Å². The van der Waals surface area contributed by atoms with Crippen LogP contribution in [0.4, 0.5) is 0 Å². The molecule has 1 aromatic carbocycles. The van der Waals surface area contributed by atoms with E-state index in [0.29, 0.717) is 6.61 Å². The van der Waals surface area contributed by atoms with Gasteiger partial charge in [-0.05, 0) is 49.6 Å². The molecule has 6 heteroatoms. The molecular formula is C18H25N3O3. The molecule has 0 atom stereocenters. The number of ether oxygens (including phenoxy) is 1. The lowest BCUT2D eigenvalue weighted by molar-refractivity contribution is -0.139. The van der Waals surface area contributed by atoms with Crippen LogP contribution in [0.2, 0.25) is 0 Å². The molecule has 0 unspecified atom stereocenters. The number of hydrazone groups is 1. The predicted octanol–water partition coefficient (Wildman–Crippen LogP) is 2.37. The molecule has 0 saturated heterocycles. The van der Waals surface area contributed by atoms with E-state index >= 15 is 0 Å². The van der Waals surface area contributed by atoms with Gasteiger partial charge < -0.3 is 10.1 Å². The molecule has 2 N–H and O–H groups in total. The van der Waals surface area contributed by atoms with E-state index in [1.54, 1.807) is 0 Å². The average molecular weight is 331 g/mol. The Kier molecular flexibility index (Phi) is 7.26. The monoisotopic (exact) mass is 331 g/mol. The largest absolute Gasteiger partial charge is 0.494 e. The Morgan fingerprint density at radius 1 is 1.12 bits per heavy atom. The zero-order valence-corrected chi connectivity index (χ0v) is 14.1. The summed E-state index contributed by atoms with van der Waals surface area (Å²) in [6.07, 6.45) is 7.97. The van der Waals surface area contributed by atoms with Gasteiger partial charge in [0.05, 0.1) is 12.8 Å². The van der Waals surface area contributed by atoms with Gasteiger partial charge in [-0.15, -0.1) is 0 Å². The highest BCUT2D eigenvalue weighted by Crippen LogP contribution is 2.17. The van der Waals surface area contributed by atoms with Gasteiger partial charge in [-0.1, -0.05) is 25.7 Å². The van der Waals surface area contributed by atoms with Crippen molar-refractivity contribution in [3.05, 3.63) is 29.8 Å². The highest BCUT2D eigenvalue weighted by molar-refractivity contribution is 6.35. The van der Waals surface area contributed by atoms with Crippen molar-refractivity contribution in [3.63, 3.8) is 0 Å². The first-order chi connectivity index (χ1) is 11.7. The van der Waals surface area contributed by atoms with Crippen molar-refractivity contribution in [1.82, 2.24) is 10.7 Å². The van der Waals surface area contributed by atoms with Gasteiger partial charge in [0.2, 0.25) is 0 Å². The second-order valence-electron chi connectivity index (χ2n) is 5.86. The summed E-state index contributed by atoms with van der Waals surface area (Å²) in [6, 6.07) is 7.40. The topological polar surface area (TPSA) is 79.8 Å². The number of nitrogens with one attached hydrogen (secondary N) is 2. The molecule has 6 nitrogen and oxygen atoms in total. The van der Waals surface area contributed by atoms with E-state index in [1.807, 2.05) is 31.2 Å². The number of hydrogen-bond acceptors (Lipinski definition) is 4. The van der Waals surface area contributed by atoms with Gasteiger partial charge in [0, 0.05) is 6.04 Å². The number of carbonyl (C=O) groups excluding carboxylic acids is 2. The molecule has 0 heterocycles. The minimum Gasteiger partial charge on any atom is -0.494 e. The van der Waals surface area contributed by atoms with Crippen LogP contribution >= 0.6 is 0 Å². The van der Waals surface area contributed by atoms with Crippen LogP contribution in [0, 0.1) is 0 Å². The first kappa shape index (κ1) is 18.0. The number of benzene rings is 1. The third-order valence-corrected chi connectivity index (χ3v) is 3.97. The van der Waals surface area contributed by atoms with Crippen molar-refractivity contribution in [1.29, 1.82) is 0 Å². The molecule has 1 aliphatic rings. The third-order valence-electron chi connectivity index (χ3n) is 3.97. The fraction of sp³-hybridized carbons (Fsp3) is 0.500. The standard InChI is InChI=1S/C18H25N3O3/c1-2-24-16-11-9-14(10-12-16)13-19-21-18(23)17(22)20-15-7-5-3-4-6-8-15/h9-13,15H,2-8H2,1H3,(H,20,22)(H,21,23)/b19-13-. The molecule has 130 valence electrons. The second kappa shape index (κ2) is 9.70. The van der Waals surface area contributed by atoms with Gasteiger partial charge in [-0.2, -0.15) is 5.10 Å². The van der Waals surface area contributed by atoms with Crippen LogP contribution in [0.3, 0.4) is 0 Å². The van der Waals surface area contributed by atoms with Crippen molar-refractivity contribution in [3.8, 4) is 5.75 Å². The predicted molar refractivity (Wildman–Crippen MR) is 93.0 cm³/mol. The molecule has 0 spiro atoms. The van der Waals surface area contributed by atoms with Crippen LogP contribution < -0.4 is 15.5 Å². The van der Waals surface area contributed by atoms with Crippen LogP contribution in [0.15, 0.2) is 29.4 Å². The summed E-state index contributed by atoms with van der Waals surface area (Å²) >= 11 is 0. The van der Waals surface area contributed by atoms with Crippen LogP contribution in [0.5, 0.6) is 5.75 Å². The maximum absolute atomic E-state index is 11.9. The maximum Gasteiger partial charge on any atom is 0.329 e. The Bertz CT molecular complexity index is 561. The second-order valence-corrected chi connectivity index (χ2v) is 5.86. The van der Waals surface area contributed by atoms with Crippen LogP contribution in [0.25, 0.3) is 0 Å². The van der Waals surface area contributed by atoms with E-state index in [-0.39, 0.29) is 6.04 Å². The van der Waals surface area contributed by atoms with Crippen molar-refractivity contribution in [2.45, 2.75) is 51.5 Å². The number of carbonyl (C=O) groups is 2. The SMILES string of the molecule is CCOc1ccc(/C=N\NC(=O)C(=O)NC2CCCCCC2)cc1. The van der Waals surface area contributed by atoms with Crippen molar-refractivity contribution in [2.75, 3.05) is 6.61 Å². The minimum absolute atomic E-state index is 0.0980.